The maximum atomic E-state index is 12.8. The summed E-state index contributed by atoms with van der Waals surface area (Å²) in [6.45, 7) is 0.444. The summed E-state index contributed by atoms with van der Waals surface area (Å²) >= 11 is 0. The largest absolute Gasteiger partial charge is 0.478 e. The lowest BCUT2D eigenvalue weighted by Gasteiger charge is -2.14. The van der Waals surface area contributed by atoms with Crippen molar-refractivity contribution in [1.82, 2.24) is 0 Å². The average Bonchev–Trinajstić information content (AvgIpc) is 2.89. The first kappa shape index (κ1) is 14.4. The summed E-state index contributed by atoms with van der Waals surface area (Å²) in [6.07, 6.45) is -4.38. The summed E-state index contributed by atoms with van der Waals surface area (Å²) in [5.74, 6) is -1.26. The molecule has 0 saturated carbocycles. The Balaban J connectivity index is 1.98. The molecule has 0 amide bonds. The highest BCUT2D eigenvalue weighted by molar-refractivity contribution is 5.89. The van der Waals surface area contributed by atoms with Crippen LogP contribution in [-0.2, 0) is 6.18 Å². The number of fused-ring (bicyclic) bond motifs is 1. The molecule has 1 aliphatic rings. The van der Waals surface area contributed by atoms with Crippen LogP contribution < -0.4 is 5.32 Å². The molecule has 2 N–H and O–H groups in total. The van der Waals surface area contributed by atoms with Gasteiger partial charge in [0.25, 0.3) is 0 Å². The SMILES string of the molecule is O=C(O)c1ccc2c(c1)NCC2c1cccc(C(F)(F)F)c1. The Hall–Kier alpha value is -2.50. The van der Waals surface area contributed by atoms with Crippen molar-refractivity contribution >= 4 is 11.7 Å². The molecule has 3 rings (SSSR count). The average molecular weight is 307 g/mol. The minimum atomic E-state index is -4.38. The molecule has 1 unspecified atom stereocenters. The number of carbonyl (C=O) groups is 1. The van der Waals surface area contributed by atoms with Gasteiger partial charge >= 0.3 is 12.1 Å². The van der Waals surface area contributed by atoms with Crippen molar-refractivity contribution in [3.63, 3.8) is 0 Å². The molecule has 1 heterocycles. The van der Waals surface area contributed by atoms with Crippen LogP contribution in [0.1, 0.15) is 33.0 Å². The van der Waals surface area contributed by atoms with Crippen LogP contribution >= 0.6 is 0 Å². The van der Waals surface area contributed by atoms with Crippen LogP contribution in [0, 0.1) is 0 Å². The number of carboxylic acid groups (broad SMARTS) is 1. The summed E-state index contributed by atoms with van der Waals surface area (Å²) in [5, 5.41) is 12.0. The number of alkyl halides is 3. The number of hydrogen-bond donors (Lipinski definition) is 2. The number of aromatic carboxylic acids is 1. The fraction of sp³-hybridized carbons (Fsp3) is 0.188. The quantitative estimate of drug-likeness (QED) is 0.883. The molecule has 1 aliphatic heterocycles. The van der Waals surface area contributed by atoms with Crippen LogP contribution in [0.4, 0.5) is 18.9 Å². The molecule has 6 heteroatoms. The Bertz CT molecular complexity index is 740. The first-order valence-electron chi connectivity index (χ1n) is 6.64. The molecule has 0 aliphatic carbocycles. The van der Waals surface area contributed by atoms with E-state index in [1.54, 1.807) is 12.1 Å². The Labute approximate surface area is 124 Å². The van der Waals surface area contributed by atoms with Crippen molar-refractivity contribution in [2.24, 2.45) is 0 Å². The second kappa shape index (κ2) is 5.05. The van der Waals surface area contributed by atoms with Gasteiger partial charge in [0.2, 0.25) is 0 Å². The lowest BCUT2D eigenvalue weighted by Crippen LogP contribution is -2.08. The van der Waals surface area contributed by atoms with E-state index < -0.39 is 17.7 Å². The van der Waals surface area contributed by atoms with Crippen LogP contribution in [-0.4, -0.2) is 17.6 Å². The van der Waals surface area contributed by atoms with E-state index in [2.05, 4.69) is 5.32 Å². The van der Waals surface area contributed by atoms with Crippen molar-refractivity contribution in [2.75, 3.05) is 11.9 Å². The predicted octanol–water partition coefficient (Wildman–Crippen LogP) is 3.96. The molecule has 0 spiro atoms. The fourth-order valence-corrected chi connectivity index (χ4v) is 2.70. The Morgan fingerprint density at radius 3 is 2.64 bits per heavy atom. The second-order valence-electron chi connectivity index (χ2n) is 5.16. The third-order valence-corrected chi connectivity index (χ3v) is 3.79. The lowest BCUT2D eigenvalue weighted by molar-refractivity contribution is -0.137. The first-order chi connectivity index (χ1) is 10.4. The number of anilines is 1. The van der Waals surface area contributed by atoms with Crippen LogP contribution in [0.3, 0.4) is 0 Å². The predicted molar refractivity (Wildman–Crippen MR) is 75.2 cm³/mol. The third-order valence-electron chi connectivity index (χ3n) is 3.79. The topological polar surface area (TPSA) is 49.3 Å². The standard InChI is InChI=1S/C16H12F3NO2/c17-16(18,19)11-3-1-2-9(6-11)13-8-20-14-7-10(15(21)22)4-5-12(13)14/h1-7,13,20H,8H2,(H,21,22). The molecule has 0 bridgehead atoms. The summed E-state index contributed by atoms with van der Waals surface area (Å²) in [7, 11) is 0. The Morgan fingerprint density at radius 2 is 1.95 bits per heavy atom. The van der Waals surface area contributed by atoms with Crippen molar-refractivity contribution in [3.8, 4) is 0 Å². The second-order valence-corrected chi connectivity index (χ2v) is 5.16. The molecular weight excluding hydrogens is 295 g/mol. The number of benzene rings is 2. The molecule has 3 nitrogen and oxygen atoms in total. The van der Waals surface area contributed by atoms with E-state index in [1.165, 1.54) is 18.2 Å². The van der Waals surface area contributed by atoms with E-state index in [0.29, 0.717) is 17.8 Å². The third kappa shape index (κ3) is 2.52. The number of carboxylic acids is 1. The monoisotopic (exact) mass is 307 g/mol. The lowest BCUT2D eigenvalue weighted by atomic mass is 9.91. The maximum absolute atomic E-state index is 12.8. The highest BCUT2D eigenvalue weighted by atomic mass is 19.4. The zero-order chi connectivity index (χ0) is 15.9. The van der Waals surface area contributed by atoms with Crippen LogP contribution in [0.2, 0.25) is 0 Å². The number of nitrogens with one attached hydrogen (secondary N) is 1. The Kier molecular flexibility index (Phi) is 3.31. The minimum absolute atomic E-state index is 0.149. The van der Waals surface area contributed by atoms with Gasteiger partial charge in [0.1, 0.15) is 0 Å². The summed E-state index contributed by atoms with van der Waals surface area (Å²) in [5.41, 5.74) is 1.49. The molecule has 22 heavy (non-hydrogen) atoms. The zero-order valence-electron chi connectivity index (χ0n) is 11.3. The minimum Gasteiger partial charge on any atom is -0.478 e. The number of hydrogen-bond acceptors (Lipinski definition) is 2. The van der Waals surface area contributed by atoms with E-state index in [-0.39, 0.29) is 11.5 Å². The molecule has 0 fully saturated rings. The summed E-state index contributed by atoms with van der Waals surface area (Å²) in [4.78, 5) is 11.0. The van der Waals surface area contributed by atoms with Gasteiger partial charge in [-0.3, -0.25) is 0 Å². The molecule has 0 saturated heterocycles. The van der Waals surface area contributed by atoms with Crippen molar-refractivity contribution in [2.45, 2.75) is 12.1 Å². The maximum Gasteiger partial charge on any atom is 0.416 e. The van der Waals surface area contributed by atoms with E-state index >= 15 is 0 Å². The molecule has 2 aromatic rings. The molecule has 1 atom stereocenters. The smallest absolute Gasteiger partial charge is 0.416 e. The van der Waals surface area contributed by atoms with E-state index in [1.807, 2.05) is 0 Å². The van der Waals surface area contributed by atoms with Gasteiger partial charge < -0.3 is 10.4 Å². The number of rotatable bonds is 2. The van der Waals surface area contributed by atoms with Gasteiger partial charge in [-0.2, -0.15) is 13.2 Å². The normalized spacial score (nSPS) is 17.0. The van der Waals surface area contributed by atoms with Crippen LogP contribution in [0.15, 0.2) is 42.5 Å². The van der Waals surface area contributed by atoms with E-state index in [9.17, 15) is 18.0 Å². The van der Waals surface area contributed by atoms with Crippen molar-refractivity contribution < 1.29 is 23.1 Å². The molecule has 0 aromatic heterocycles. The van der Waals surface area contributed by atoms with Gasteiger partial charge in [0.15, 0.2) is 0 Å². The summed E-state index contributed by atoms with van der Waals surface area (Å²) in [6, 6.07) is 9.86. The van der Waals surface area contributed by atoms with Crippen LogP contribution in [0.25, 0.3) is 0 Å². The molecule has 2 aromatic carbocycles. The van der Waals surface area contributed by atoms with Crippen LogP contribution in [0.5, 0.6) is 0 Å². The Morgan fingerprint density at radius 1 is 1.18 bits per heavy atom. The highest BCUT2D eigenvalue weighted by Gasteiger charge is 2.32. The zero-order valence-corrected chi connectivity index (χ0v) is 11.3. The van der Waals surface area contributed by atoms with Gasteiger partial charge in [0, 0.05) is 18.2 Å². The summed E-state index contributed by atoms with van der Waals surface area (Å²) < 4.78 is 38.4. The molecular formula is C16H12F3NO2. The van der Waals surface area contributed by atoms with Gasteiger partial charge in [0.05, 0.1) is 11.1 Å². The fourth-order valence-electron chi connectivity index (χ4n) is 2.70. The van der Waals surface area contributed by atoms with Gasteiger partial charge in [-0.25, -0.2) is 4.79 Å². The van der Waals surface area contributed by atoms with Crippen molar-refractivity contribution in [3.05, 3.63) is 64.7 Å². The van der Waals surface area contributed by atoms with E-state index in [4.69, 9.17) is 5.11 Å². The van der Waals surface area contributed by atoms with Gasteiger partial charge in [-0.1, -0.05) is 24.3 Å². The number of halogens is 3. The van der Waals surface area contributed by atoms with Gasteiger partial charge in [-0.15, -0.1) is 0 Å². The first-order valence-corrected chi connectivity index (χ1v) is 6.64. The highest BCUT2D eigenvalue weighted by Crippen LogP contribution is 2.38. The van der Waals surface area contributed by atoms with E-state index in [0.717, 1.165) is 17.7 Å². The molecule has 114 valence electrons. The molecule has 0 radical (unpaired) electrons. The van der Waals surface area contributed by atoms with Gasteiger partial charge in [-0.05, 0) is 29.3 Å². The van der Waals surface area contributed by atoms with Crippen molar-refractivity contribution in [1.29, 1.82) is 0 Å².